The van der Waals surface area contributed by atoms with Gasteiger partial charge in [-0.25, -0.2) is 0 Å². The van der Waals surface area contributed by atoms with Gasteiger partial charge in [0.1, 0.15) is 0 Å². The summed E-state index contributed by atoms with van der Waals surface area (Å²) < 4.78 is 5.68. The zero-order valence-electron chi connectivity index (χ0n) is 23.3. The van der Waals surface area contributed by atoms with Crippen LogP contribution in [0.3, 0.4) is 0 Å². The Morgan fingerprint density at radius 3 is 1.70 bits per heavy atom. The van der Waals surface area contributed by atoms with Gasteiger partial charge >= 0.3 is 0 Å². The number of rotatable bonds is 6. The van der Waals surface area contributed by atoms with Gasteiger partial charge in [-0.2, -0.15) is 14.2 Å². The number of carbonyl (C=O) groups is 2. The van der Waals surface area contributed by atoms with Crippen LogP contribution in [0.25, 0.3) is 0 Å². The molecule has 0 spiro atoms. The highest BCUT2D eigenvalue weighted by molar-refractivity contribution is 7.12. The lowest BCUT2D eigenvalue weighted by atomic mass is 10.3. The highest BCUT2D eigenvalue weighted by atomic mass is 79.9. The number of aromatic nitrogens is 4. The van der Waals surface area contributed by atoms with Crippen LogP contribution in [0.4, 0.5) is 0 Å². The summed E-state index contributed by atoms with van der Waals surface area (Å²) >= 11 is 2.98. The summed E-state index contributed by atoms with van der Waals surface area (Å²) in [6.07, 6.45) is 7.76. The van der Waals surface area contributed by atoms with E-state index in [-0.39, 0.29) is 45.5 Å². The summed E-state index contributed by atoms with van der Waals surface area (Å²) in [5, 5.41) is 7.98. The molecule has 0 atom stereocenters. The van der Waals surface area contributed by atoms with Crippen molar-refractivity contribution in [2.24, 2.45) is 7.05 Å². The van der Waals surface area contributed by atoms with Crippen molar-refractivity contribution in [2.45, 2.75) is 40.8 Å². The van der Waals surface area contributed by atoms with Crippen LogP contribution in [0.2, 0.25) is 0 Å². The molecule has 0 fully saturated rings. The standard InChI is InChI=1S/2C12H12NOS.C6H10N2.2BrH/c1-10-4-2-6-13(8-10)9-11(14)12-5-3-7-15-12;1-10-4-6-13(7-5-10)9-11(14)12-3-2-8-15-12;1-5-4-6(2)8(3)7-5;;/h2*2-8H,9H2,1H3;4H,1-3H3;2*1H/q2*+1;;;/p-2. The number of ketones is 2. The second-order valence-corrected chi connectivity index (χ2v) is 10.8. The molecule has 0 aliphatic heterocycles. The van der Waals surface area contributed by atoms with Crippen LogP contribution in [0.15, 0.2) is 90.1 Å². The molecule has 0 amide bonds. The minimum atomic E-state index is 0. The van der Waals surface area contributed by atoms with Crippen LogP contribution in [0.5, 0.6) is 0 Å². The predicted molar refractivity (Wildman–Crippen MR) is 153 cm³/mol. The van der Waals surface area contributed by atoms with E-state index in [9.17, 15) is 9.59 Å². The molecule has 0 bridgehead atoms. The second kappa shape index (κ2) is 17.8. The largest absolute Gasteiger partial charge is 1.00 e. The van der Waals surface area contributed by atoms with E-state index in [0.717, 1.165) is 21.0 Å². The number of thiophene rings is 2. The van der Waals surface area contributed by atoms with Crippen LogP contribution in [0, 0.1) is 27.7 Å². The third kappa shape index (κ3) is 11.8. The Labute approximate surface area is 265 Å². The number of pyridine rings is 2. The topological polar surface area (TPSA) is 59.7 Å². The molecule has 5 rings (SSSR count). The normalized spacial score (nSPS) is 9.62. The summed E-state index contributed by atoms with van der Waals surface area (Å²) in [4.78, 5) is 25.2. The SMILES string of the molecule is Cc1cc(C)n(C)n1.Cc1cc[n+](CC(=O)c2cccs2)cc1.Cc1ccc[n+](CC(=O)c2cccs2)c1.[Br-].[Br-]. The fourth-order valence-electron chi connectivity index (χ4n) is 3.49. The number of halogens is 2. The smallest absolute Gasteiger partial charge is 0.237 e. The molecular weight excluding hydrogens is 672 g/mol. The van der Waals surface area contributed by atoms with Crippen LogP contribution in [-0.4, -0.2) is 21.3 Å². The van der Waals surface area contributed by atoms with Gasteiger partial charge in [-0.1, -0.05) is 12.1 Å². The summed E-state index contributed by atoms with van der Waals surface area (Å²) in [6.45, 7) is 8.92. The Morgan fingerprint density at radius 1 is 0.750 bits per heavy atom. The van der Waals surface area contributed by atoms with Crippen molar-refractivity contribution in [3.63, 3.8) is 0 Å². The molecule has 0 aliphatic rings. The van der Waals surface area contributed by atoms with Crippen LogP contribution >= 0.6 is 22.7 Å². The number of nitrogens with zero attached hydrogens (tertiary/aromatic N) is 4. The van der Waals surface area contributed by atoms with Crippen molar-refractivity contribution in [1.29, 1.82) is 0 Å². The lowest BCUT2D eigenvalue weighted by Crippen LogP contribution is -3.00. The van der Waals surface area contributed by atoms with Crippen LogP contribution in [-0.2, 0) is 20.1 Å². The van der Waals surface area contributed by atoms with Gasteiger partial charge in [-0.15, -0.1) is 22.7 Å². The van der Waals surface area contributed by atoms with E-state index in [4.69, 9.17) is 0 Å². The van der Waals surface area contributed by atoms with Gasteiger partial charge < -0.3 is 34.0 Å². The van der Waals surface area contributed by atoms with Crippen molar-refractivity contribution < 1.29 is 52.7 Å². The summed E-state index contributed by atoms with van der Waals surface area (Å²) in [5.41, 5.74) is 4.67. The molecule has 0 N–H and O–H groups in total. The van der Waals surface area contributed by atoms with Gasteiger partial charge in [0.2, 0.25) is 24.7 Å². The van der Waals surface area contributed by atoms with E-state index < -0.39 is 0 Å². The zero-order valence-corrected chi connectivity index (χ0v) is 28.1. The summed E-state index contributed by atoms with van der Waals surface area (Å²) in [5.74, 6) is 0.333. The minimum absolute atomic E-state index is 0. The van der Waals surface area contributed by atoms with Crippen LogP contribution < -0.4 is 43.1 Å². The van der Waals surface area contributed by atoms with Crippen molar-refractivity contribution in [3.8, 4) is 0 Å². The molecule has 0 saturated carbocycles. The van der Waals surface area contributed by atoms with E-state index in [1.165, 1.54) is 33.9 Å². The van der Waals surface area contributed by atoms with Gasteiger partial charge in [-0.3, -0.25) is 14.3 Å². The molecule has 5 heterocycles. The minimum Gasteiger partial charge on any atom is -1.00 e. The lowest BCUT2D eigenvalue weighted by molar-refractivity contribution is -0.683. The second-order valence-electron chi connectivity index (χ2n) is 8.95. The lowest BCUT2D eigenvalue weighted by Gasteiger charge is -1.95. The Kier molecular flexibility index (Phi) is 15.7. The Bertz CT molecular complexity index is 1430. The van der Waals surface area contributed by atoms with E-state index in [1.54, 1.807) is 0 Å². The van der Waals surface area contributed by atoms with E-state index in [2.05, 4.69) is 11.2 Å². The average Bonchev–Trinajstić information content (AvgIpc) is 3.65. The Balaban J connectivity index is 0.000000306. The van der Waals surface area contributed by atoms with E-state index >= 15 is 0 Å². The Morgan fingerprint density at radius 2 is 1.30 bits per heavy atom. The van der Waals surface area contributed by atoms with E-state index in [0.29, 0.717) is 13.1 Å². The van der Waals surface area contributed by atoms with Gasteiger partial charge in [-0.05, 0) is 68.3 Å². The molecule has 212 valence electrons. The first kappa shape index (κ1) is 35.2. The molecule has 0 aliphatic carbocycles. The van der Waals surface area contributed by atoms with E-state index in [1.807, 2.05) is 133 Å². The number of hydrogen-bond acceptors (Lipinski definition) is 5. The van der Waals surface area contributed by atoms with Gasteiger partial charge in [0.15, 0.2) is 24.8 Å². The van der Waals surface area contributed by atoms with Gasteiger partial charge in [0, 0.05) is 36.5 Å². The maximum Gasteiger partial charge on any atom is 0.237 e. The third-order valence-corrected chi connectivity index (χ3v) is 7.37. The molecule has 10 heteroatoms. The monoisotopic (exact) mass is 704 g/mol. The molecule has 0 saturated heterocycles. The first-order valence-electron chi connectivity index (χ1n) is 12.2. The highest BCUT2D eigenvalue weighted by Gasteiger charge is 2.13. The fraction of sp³-hybridized carbons (Fsp3) is 0.233. The molecule has 0 unspecified atom stereocenters. The number of aryl methyl sites for hydroxylation is 5. The van der Waals surface area contributed by atoms with Crippen LogP contribution in [0.1, 0.15) is 41.9 Å². The molecular formula is C30H34Br2N4O2S2. The maximum atomic E-state index is 11.8. The number of hydrogen-bond donors (Lipinski definition) is 0. The first-order valence-corrected chi connectivity index (χ1v) is 14.0. The summed E-state index contributed by atoms with van der Waals surface area (Å²) in [6, 6.07) is 17.6. The maximum absolute atomic E-state index is 11.8. The molecule has 0 aromatic carbocycles. The van der Waals surface area contributed by atoms with Crippen molar-refractivity contribution in [2.75, 3.05) is 0 Å². The quantitative estimate of drug-likeness (QED) is 0.177. The van der Waals surface area contributed by atoms with Crippen molar-refractivity contribution >= 4 is 34.2 Å². The highest BCUT2D eigenvalue weighted by Crippen LogP contribution is 2.10. The Hall–Kier alpha value is -2.79. The van der Waals surface area contributed by atoms with Crippen molar-refractivity contribution in [3.05, 3.63) is 122 Å². The van der Waals surface area contributed by atoms with Gasteiger partial charge in [0.25, 0.3) is 0 Å². The average molecular weight is 707 g/mol. The summed E-state index contributed by atoms with van der Waals surface area (Å²) in [7, 11) is 1.95. The number of carbonyl (C=O) groups excluding carboxylic acids is 2. The van der Waals surface area contributed by atoms with Crippen molar-refractivity contribution in [1.82, 2.24) is 9.78 Å². The molecule has 5 aromatic rings. The fourth-order valence-corrected chi connectivity index (χ4v) is 4.80. The molecule has 6 nitrogen and oxygen atoms in total. The molecule has 5 aromatic heterocycles. The van der Waals surface area contributed by atoms with Gasteiger partial charge in [0.05, 0.1) is 15.4 Å². The first-order chi connectivity index (χ1) is 18.2. The predicted octanol–water partition coefficient (Wildman–Crippen LogP) is -0.501. The number of Topliss-reactive ketones (excluding diaryl/α,β-unsaturated/α-hetero) is 2. The molecule has 0 radical (unpaired) electrons. The third-order valence-electron chi connectivity index (χ3n) is 5.54. The zero-order chi connectivity index (χ0) is 27.5. The molecule has 40 heavy (non-hydrogen) atoms.